The van der Waals surface area contributed by atoms with Crippen molar-refractivity contribution in [1.82, 2.24) is 4.98 Å². The highest BCUT2D eigenvalue weighted by atomic mass is 19.1. The average Bonchev–Trinajstić information content (AvgIpc) is 2.43. The van der Waals surface area contributed by atoms with Gasteiger partial charge in [-0.15, -0.1) is 0 Å². The van der Waals surface area contributed by atoms with Crippen LogP contribution in [0.5, 0.6) is 0 Å². The van der Waals surface area contributed by atoms with E-state index in [0.29, 0.717) is 0 Å². The Morgan fingerprint density at radius 3 is 2.32 bits per heavy atom. The van der Waals surface area contributed by atoms with Gasteiger partial charge in [0.15, 0.2) is 5.82 Å². The van der Waals surface area contributed by atoms with Gasteiger partial charge in [-0.1, -0.05) is 0 Å². The van der Waals surface area contributed by atoms with Crippen LogP contribution in [-0.4, -0.2) is 22.0 Å². The highest BCUT2D eigenvalue weighted by molar-refractivity contribution is 5.90. The number of aromatic carboxylic acids is 1. The molecule has 0 saturated heterocycles. The molecule has 0 aliphatic heterocycles. The van der Waals surface area contributed by atoms with Crippen molar-refractivity contribution >= 4 is 17.6 Å². The second-order valence-corrected chi connectivity index (χ2v) is 4.30. The molecule has 0 radical (unpaired) electrons. The second kappa shape index (κ2) is 5.84. The highest BCUT2D eigenvalue weighted by Gasteiger charge is 2.22. The maximum atomic E-state index is 14.3. The first-order valence-electron chi connectivity index (χ1n) is 5.97. The number of benzene rings is 1. The van der Waals surface area contributed by atoms with E-state index in [-0.39, 0.29) is 5.69 Å². The van der Waals surface area contributed by atoms with Gasteiger partial charge in [0.2, 0.25) is 5.91 Å². The van der Waals surface area contributed by atoms with Gasteiger partial charge in [-0.25, -0.2) is 22.9 Å². The largest absolute Gasteiger partial charge is 0.477 e. The molecule has 114 valence electrons. The van der Waals surface area contributed by atoms with Crippen molar-refractivity contribution in [2.24, 2.45) is 0 Å². The van der Waals surface area contributed by atoms with Crippen LogP contribution in [-0.2, 0) is 4.79 Å². The molecular weight excluding hydrogens is 301 g/mol. The summed E-state index contributed by atoms with van der Waals surface area (Å²) in [6, 6.07) is 3.40. The summed E-state index contributed by atoms with van der Waals surface area (Å²) in [5.41, 5.74) is -2.58. The third-order valence-corrected chi connectivity index (χ3v) is 2.70. The lowest BCUT2D eigenvalue weighted by molar-refractivity contribution is -0.114. The number of pyridine rings is 1. The molecule has 0 unspecified atom stereocenters. The van der Waals surface area contributed by atoms with Crippen LogP contribution in [0.25, 0.3) is 11.3 Å². The Morgan fingerprint density at radius 2 is 1.73 bits per heavy atom. The van der Waals surface area contributed by atoms with Crippen LogP contribution in [0.4, 0.5) is 18.9 Å². The Morgan fingerprint density at radius 1 is 1.09 bits per heavy atom. The fraction of sp³-hybridized carbons (Fsp3) is 0.0714. The lowest BCUT2D eigenvalue weighted by atomic mass is 10.1. The van der Waals surface area contributed by atoms with Gasteiger partial charge in [0, 0.05) is 6.92 Å². The number of amides is 1. The van der Waals surface area contributed by atoms with Gasteiger partial charge in [0.25, 0.3) is 0 Å². The predicted octanol–water partition coefficient (Wildman–Crippen LogP) is 2.82. The maximum absolute atomic E-state index is 14.3. The predicted molar refractivity (Wildman–Crippen MR) is 70.8 cm³/mol. The van der Waals surface area contributed by atoms with Gasteiger partial charge in [-0.2, -0.15) is 0 Å². The summed E-state index contributed by atoms with van der Waals surface area (Å²) in [6.45, 7) is 1.12. The van der Waals surface area contributed by atoms with Gasteiger partial charge >= 0.3 is 5.97 Å². The fourth-order valence-corrected chi connectivity index (χ4v) is 1.79. The van der Waals surface area contributed by atoms with Gasteiger partial charge in [0.1, 0.15) is 23.0 Å². The minimum absolute atomic E-state index is 0.370. The Hall–Kier alpha value is -2.90. The van der Waals surface area contributed by atoms with Crippen LogP contribution >= 0.6 is 0 Å². The molecule has 8 heteroatoms. The smallest absolute Gasteiger partial charge is 0.354 e. The van der Waals surface area contributed by atoms with E-state index in [1.54, 1.807) is 0 Å². The number of aromatic nitrogens is 1. The van der Waals surface area contributed by atoms with Gasteiger partial charge in [-0.3, -0.25) is 4.79 Å². The number of halogens is 3. The molecule has 22 heavy (non-hydrogen) atoms. The minimum Gasteiger partial charge on any atom is -0.477 e. The Kier molecular flexibility index (Phi) is 4.11. The summed E-state index contributed by atoms with van der Waals surface area (Å²) in [4.78, 5) is 25.2. The van der Waals surface area contributed by atoms with Gasteiger partial charge < -0.3 is 10.4 Å². The number of nitrogens with one attached hydrogen (secondary N) is 1. The molecule has 2 N–H and O–H groups in total. The summed E-state index contributed by atoms with van der Waals surface area (Å²) < 4.78 is 41.9. The standard InChI is InChI=1S/C14H9F3N2O3/c1-6(20)18-9-4-2-7(15)11(12(9)17)13-8(16)3-5-10(19-13)14(21)22/h2-5H,1H3,(H,18,20)(H,21,22). The number of hydrogen-bond donors (Lipinski definition) is 2. The SMILES string of the molecule is CC(=O)Nc1ccc(F)c(-c2nc(C(=O)O)ccc2F)c1F. The molecule has 0 fully saturated rings. The van der Waals surface area contributed by atoms with Crippen LogP contribution < -0.4 is 5.32 Å². The van der Waals surface area contributed by atoms with Crippen LogP contribution in [0.2, 0.25) is 0 Å². The monoisotopic (exact) mass is 310 g/mol. The summed E-state index contributed by atoms with van der Waals surface area (Å²) in [7, 11) is 0. The fourth-order valence-electron chi connectivity index (χ4n) is 1.79. The number of carboxylic acid groups (broad SMARTS) is 1. The molecule has 1 aromatic carbocycles. The van der Waals surface area contributed by atoms with Crippen molar-refractivity contribution < 1.29 is 27.9 Å². The Labute approximate surface area is 122 Å². The van der Waals surface area contributed by atoms with Crippen LogP contribution in [0, 0.1) is 17.5 Å². The Balaban J connectivity index is 2.69. The summed E-state index contributed by atoms with van der Waals surface area (Å²) >= 11 is 0. The van der Waals surface area contributed by atoms with Crippen molar-refractivity contribution in [1.29, 1.82) is 0 Å². The van der Waals surface area contributed by atoms with E-state index in [1.165, 1.54) is 0 Å². The molecule has 1 amide bonds. The maximum Gasteiger partial charge on any atom is 0.354 e. The first-order chi connectivity index (χ1) is 10.3. The molecular formula is C14H9F3N2O3. The van der Waals surface area contributed by atoms with E-state index in [2.05, 4.69) is 10.3 Å². The second-order valence-electron chi connectivity index (χ2n) is 4.30. The molecule has 0 spiro atoms. The van der Waals surface area contributed by atoms with Gasteiger partial charge in [0.05, 0.1) is 11.3 Å². The molecule has 1 heterocycles. The molecule has 0 aliphatic carbocycles. The zero-order valence-electron chi connectivity index (χ0n) is 11.2. The van der Waals surface area contributed by atoms with E-state index in [9.17, 15) is 22.8 Å². The third kappa shape index (κ3) is 2.90. The van der Waals surface area contributed by atoms with Crippen molar-refractivity contribution in [2.45, 2.75) is 6.92 Å². The van der Waals surface area contributed by atoms with Crippen LogP contribution in [0.3, 0.4) is 0 Å². The number of nitrogens with zero attached hydrogens (tertiary/aromatic N) is 1. The summed E-state index contributed by atoms with van der Waals surface area (Å²) in [5, 5.41) is 10.9. The number of hydrogen-bond acceptors (Lipinski definition) is 3. The topological polar surface area (TPSA) is 79.3 Å². The van der Waals surface area contributed by atoms with E-state index < -0.39 is 46.3 Å². The molecule has 0 saturated carbocycles. The lowest BCUT2D eigenvalue weighted by Crippen LogP contribution is -2.10. The molecule has 0 bridgehead atoms. The van der Waals surface area contributed by atoms with E-state index in [0.717, 1.165) is 31.2 Å². The van der Waals surface area contributed by atoms with E-state index in [4.69, 9.17) is 5.11 Å². The first-order valence-corrected chi connectivity index (χ1v) is 5.97. The highest BCUT2D eigenvalue weighted by Crippen LogP contribution is 2.31. The zero-order chi connectivity index (χ0) is 16.4. The number of anilines is 1. The van der Waals surface area contributed by atoms with Gasteiger partial charge in [-0.05, 0) is 24.3 Å². The van der Waals surface area contributed by atoms with E-state index in [1.807, 2.05) is 0 Å². The average molecular weight is 310 g/mol. The number of carbonyl (C=O) groups is 2. The molecule has 5 nitrogen and oxygen atoms in total. The lowest BCUT2D eigenvalue weighted by Gasteiger charge is -2.10. The minimum atomic E-state index is -1.47. The normalized spacial score (nSPS) is 10.4. The summed E-state index contributed by atoms with van der Waals surface area (Å²) in [5.74, 6) is -5.56. The molecule has 0 aliphatic rings. The molecule has 1 aromatic heterocycles. The zero-order valence-corrected chi connectivity index (χ0v) is 11.2. The Bertz CT molecular complexity index is 778. The summed E-state index contributed by atoms with van der Waals surface area (Å²) in [6.07, 6.45) is 0. The van der Waals surface area contributed by atoms with Crippen LogP contribution in [0.1, 0.15) is 17.4 Å². The third-order valence-electron chi connectivity index (χ3n) is 2.70. The van der Waals surface area contributed by atoms with Crippen LogP contribution in [0.15, 0.2) is 24.3 Å². The number of rotatable bonds is 3. The van der Waals surface area contributed by atoms with Crippen molar-refractivity contribution in [3.05, 3.63) is 47.4 Å². The number of carbonyl (C=O) groups excluding carboxylic acids is 1. The van der Waals surface area contributed by atoms with Crippen molar-refractivity contribution in [3.8, 4) is 11.3 Å². The van der Waals surface area contributed by atoms with E-state index >= 15 is 0 Å². The van der Waals surface area contributed by atoms with Crippen molar-refractivity contribution in [3.63, 3.8) is 0 Å². The quantitative estimate of drug-likeness (QED) is 0.913. The number of carboxylic acids is 1. The van der Waals surface area contributed by atoms with Crippen molar-refractivity contribution in [2.75, 3.05) is 5.32 Å². The molecule has 2 aromatic rings. The first kappa shape index (κ1) is 15.5. The molecule has 2 rings (SSSR count). The molecule has 0 atom stereocenters.